The van der Waals surface area contributed by atoms with Gasteiger partial charge in [-0.1, -0.05) is 18.2 Å². The van der Waals surface area contributed by atoms with E-state index >= 15 is 0 Å². The number of nitro groups is 1. The maximum Gasteiger partial charge on any atom is 0.269 e. The summed E-state index contributed by atoms with van der Waals surface area (Å²) in [7, 11) is -2.22. The third kappa shape index (κ3) is 4.54. The zero-order chi connectivity index (χ0) is 21.0. The lowest BCUT2D eigenvalue weighted by Gasteiger charge is -2.34. The molecule has 1 aliphatic rings. The second kappa shape index (κ2) is 8.58. The van der Waals surface area contributed by atoms with Crippen molar-refractivity contribution in [3.63, 3.8) is 0 Å². The Balaban J connectivity index is 1.63. The van der Waals surface area contributed by atoms with Crippen LogP contribution in [-0.2, 0) is 21.2 Å². The van der Waals surface area contributed by atoms with E-state index in [1.807, 2.05) is 18.2 Å². The third-order valence-electron chi connectivity index (χ3n) is 4.81. The fraction of sp³-hybridized carbons (Fsp3) is 0.316. The Hall–Kier alpha value is -2.98. The molecule has 0 unspecified atom stereocenters. The minimum Gasteiger partial charge on any atom is -0.496 e. The summed E-state index contributed by atoms with van der Waals surface area (Å²) in [6.45, 7) is 0.883. The largest absolute Gasteiger partial charge is 0.496 e. The van der Waals surface area contributed by atoms with Crippen molar-refractivity contribution >= 4 is 21.6 Å². The van der Waals surface area contributed by atoms with Gasteiger partial charge in [0, 0.05) is 43.9 Å². The van der Waals surface area contributed by atoms with Gasteiger partial charge < -0.3 is 9.64 Å². The lowest BCUT2D eigenvalue weighted by atomic mass is 10.1. The van der Waals surface area contributed by atoms with Crippen LogP contribution >= 0.6 is 0 Å². The highest BCUT2D eigenvalue weighted by Gasteiger charge is 2.30. The quantitative estimate of drug-likeness (QED) is 0.520. The molecule has 154 valence electrons. The van der Waals surface area contributed by atoms with Gasteiger partial charge in [0.05, 0.1) is 23.3 Å². The molecule has 2 aromatic rings. The van der Waals surface area contributed by atoms with Crippen molar-refractivity contribution in [1.82, 2.24) is 9.21 Å². The second-order valence-electron chi connectivity index (χ2n) is 6.52. The predicted octanol–water partition coefficient (Wildman–Crippen LogP) is 1.68. The lowest BCUT2D eigenvalue weighted by Crippen LogP contribution is -2.50. The van der Waals surface area contributed by atoms with Crippen LogP contribution in [0.3, 0.4) is 0 Å². The number of para-hydroxylation sites is 1. The van der Waals surface area contributed by atoms with Gasteiger partial charge in [0.2, 0.25) is 15.9 Å². The molecule has 0 N–H and O–H groups in total. The molecule has 9 nitrogen and oxygen atoms in total. The average molecular weight is 419 g/mol. The molecule has 0 radical (unpaired) electrons. The topological polar surface area (TPSA) is 110 Å². The summed E-state index contributed by atoms with van der Waals surface area (Å²) >= 11 is 0. The first-order valence-corrected chi connectivity index (χ1v) is 10.4. The van der Waals surface area contributed by atoms with E-state index in [1.54, 1.807) is 18.1 Å². The van der Waals surface area contributed by atoms with Gasteiger partial charge in [0.15, 0.2) is 0 Å². The van der Waals surface area contributed by atoms with Gasteiger partial charge in [-0.05, 0) is 18.2 Å². The van der Waals surface area contributed by atoms with Crippen LogP contribution in [0.25, 0.3) is 0 Å². The maximum absolute atomic E-state index is 12.8. The van der Waals surface area contributed by atoms with Crippen molar-refractivity contribution in [2.24, 2.45) is 0 Å². The number of carbonyl (C=O) groups is 1. The highest BCUT2D eigenvalue weighted by Crippen LogP contribution is 2.22. The van der Waals surface area contributed by atoms with Gasteiger partial charge in [-0.2, -0.15) is 4.31 Å². The van der Waals surface area contributed by atoms with Gasteiger partial charge in [0.1, 0.15) is 5.75 Å². The van der Waals surface area contributed by atoms with E-state index < -0.39 is 14.9 Å². The van der Waals surface area contributed by atoms with E-state index in [-0.39, 0.29) is 49.1 Å². The van der Waals surface area contributed by atoms with Crippen LogP contribution in [0.2, 0.25) is 0 Å². The molecule has 1 saturated heterocycles. The minimum atomic E-state index is -3.77. The second-order valence-corrected chi connectivity index (χ2v) is 8.46. The van der Waals surface area contributed by atoms with Crippen LogP contribution in [0.5, 0.6) is 5.75 Å². The fourth-order valence-corrected chi connectivity index (χ4v) is 4.61. The van der Waals surface area contributed by atoms with Gasteiger partial charge in [0.25, 0.3) is 5.69 Å². The fourth-order valence-electron chi connectivity index (χ4n) is 3.19. The Morgan fingerprint density at radius 1 is 1.07 bits per heavy atom. The average Bonchev–Trinajstić information content (AvgIpc) is 2.74. The number of hydrogen-bond donors (Lipinski definition) is 0. The first-order valence-electron chi connectivity index (χ1n) is 8.97. The molecule has 0 aliphatic carbocycles. The highest BCUT2D eigenvalue weighted by molar-refractivity contribution is 7.89. The molecule has 0 saturated carbocycles. The Labute approximate surface area is 168 Å². The number of sulfonamides is 1. The number of rotatable bonds is 6. The summed E-state index contributed by atoms with van der Waals surface area (Å²) in [5.41, 5.74) is 0.608. The van der Waals surface area contributed by atoms with Gasteiger partial charge in [-0.15, -0.1) is 0 Å². The molecule has 1 amide bonds. The lowest BCUT2D eigenvalue weighted by molar-refractivity contribution is -0.384. The van der Waals surface area contributed by atoms with Crippen LogP contribution in [-0.4, -0.2) is 61.7 Å². The molecule has 1 heterocycles. The van der Waals surface area contributed by atoms with E-state index in [4.69, 9.17) is 4.74 Å². The van der Waals surface area contributed by atoms with Crippen LogP contribution in [0.4, 0.5) is 5.69 Å². The smallest absolute Gasteiger partial charge is 0.269 e. The van der Waals surface area contributed by atoms with Crippen molar-refractivity contribution in [2.45, 2.75) is 11.3 Å². The molecule has 0 spiro atoms. The summed E-state index contributed by atoms with van der Waals surface area (Å²) in [6, 6.07) is 12.1. The highest BCUT2D eigenvalue weighted by atomic mass is 32.2. The number of piperazine rings is 1. The molecule has 29 heavy (non-hydrogen) atoms. The number of carbonyl (C=O) groups excluding carboxylic acids is 1. The summed E-state index contributed by atoms with van der Waals surface area (Å²) in [5.74, 6) is 0.544. The predicted molar refractivity (Wildman–Crippen MR) is 105 cm³/mol. The zero-order valence-electron chi connectivity index (χ0n) is 15.9. The van der Waals surface area contributed by atoms with Crippen molar-refractivity contribution in [3.8, 4) is 5.75 Å². The first kappa shape index (κ1) is 20.7. The van der Waals surface area contributed by atoms with Crippen LogP contribution < -0.4 is 4.74 Å². The summed E-state index contributed by atoms with van der Waals surface area (Å²) in [6.07, 6.45) is 0.180. The molecule has 3 rings (SSSR count). The van der Waals surface area contributed by atoms with Crippen LogP contribution in [0, 0.1) is 10.1 Å². The van der Waals surface area contributed by atoms with E-state index in [0.717, 1.165) is 5.56 Å². The molecule has 2 aromatic carbocycles. The Morgan fingerprint density at radius 3 is 2.28 bits per heavy atom. The maximum atomic E-state index is 12.8. The van der Waals surface area contributed by atoms with Crippen LogP contribution in [0.1, 0.15) is 5.56 Å². The molecular formula is C19H21N3O6S. The van der Waals surface area contributed by atoms with Crippen molar-refractivity contribution in [1.29, 1.82) is 0 Å². The van der Waals surface area contributed by atoms with E-state index in [1.165, 1.54) is 28.6 Å². The number of non-ortho nitro benzene ring substituents is 1. The Morgan fingerprint density at radius 2 is 1.69 bits per heavy atom. The van der Waals surface area contributed by atoms with Crippen LogP contribution in [0.15, 0.2) is 53.4 Å². The number of ether oxygens (including phenoxy) is 1. The SMILES string of the molecule is COc1ccccc1CC(=O)N1CCN(S(=O)(=O)c2ccc([N+](=O)[O-])cc2)CC1. The minimum absolute atomic E-state index is 0.00287. The summed E-state index contributed by atoms with van der Waals surface area (Å²) < 4.78 is 32.1. The molecule has 0 aromatic heterocycles. The van der Waals surface area contributed by atoms with E-state index in [2.05, 4.69) is 0 Å². The Kier molecular flexibility index (Phi) is 6.14. The third-order valence-corrected chi connectivity index (χ3v) is 6.72. The van der Waals surface area contributed by atoms with Gasteiger partial charge in [-0.25, -0.2) is 8.42 Å². The number of nitro benzene ring substituents is 1. The standard InChI is InChI=1S/C19H21N3O6S/c1-28-18-5-3-2-4-15(18)14-19(23)20-10-12-21(13-11-20)29(26,27)17-8-6-16(7-9-17)22(24)25/h2-9H,10-14H2,1H3. The Bertz CT molecular complexity index is 999. The monoisotopic (exact) mass is 419 g/mol. The molecule has 0 atom stereocenters. The van der Waals surface area contributed by atoms with Crippen molar-refractivity contribution in [2.75, 3.05) is 33.3 Å². The molecule has 1 aliphatic heterocycles. The van der Waals surface area contributed by atoms with E-state index in [9.17, 15) is 23.3 Å². The molecule has 1 fully saturated rings. The first-order chi connectivity index (χ1) is 13.8. The van der Waals surface area contributed by atoms with Crippen molar-refractivity contribution in [3.05, 3.63) is 64.2 Å². The van der Waals surface area contributed by atoms with Gasteiger partial charge in [-0.3, -0.25) is 14.9 Å². The number of benzene rings is 2. The number of hydrogen-bond acceptors (Lipinski definition) is 6. The van der Waals surface area contributed by atoms with Gasteiger partial charge >= 0.3 is 0 Å². The molecule has 0 bridgehead atoms. The summed E-state index contributed by atoms with van der Waals surface area (Å²) in [4.78, 5) is 24.4. The number of methoxy groups -OCH3 is 1. The summed E-state index contributed by atoms with van der Waals surface area (Å²) in [5, 5.41) is 10.7. The number of nitrogens with zero attached hydrogens (tertiary/aromatic N) is 3. The van der Waals surface area contributed by atoms with Crippen molar-refractivity contribution < 1.29 is 22.9 Å². The molecular weight excluding hydrogens is 398 g/mol. The zero-order valence-corrected chi connectivity index (χ0v) is 16.7. The normalized spacial score (nSPS) is 15.1. The molecule has 10 heteroatoms. The number of amides is 1. The van der Waals surface area contributed by atoms with E-state index in [0.29, 0.717) is 5.75 Å².